The quantitative estimate of drug-likeness (QED) is 0.660. The summed E-state index contributed by atoms with van der Waals surface area (Å²) in [5.74, 6) is 0.441. The summed E-state index contributed by atoms with van der Waals surface area (Å²) in [6.07, 6.45) is 0. The van der Waals surface area contributed by atoms with Gasteiger partial charge in [-0.3, -0.25) is 10.1 Å². The smallest absolute Gasteiger partial charge is 0.274 e. The molecule has 0 atom stereocenters. The molecule has 5 nitrogen and oxygen atoms in total. The van der Waals surface area contributed by atoms with Gasteiger partial charge in [0.15, 0.2) is 0 Å². The molecule has 0 aliphatic heterocycles. The third-order valence-corrected chi connectivity index (χ3v) is 1.91. The minimum absolute atomic E-state index is 0.00797. The largest absolute Gasteiger partial charge is 0.492 e. The number of rotatable bonds is 4. The average molecular weight is 261 g/mol. The van der Waals surface area contributed by atoms with Crippen molar-refractivity contribution in [2.75, 3.05) is 13.2 Å². The van der Waals surface area contributed by atoms with Gasteiger partial charge in [-0.2, -0.15) is 0 Å². The number of nitrogens with zero attached hydrogens (tertiary/aromatic N) is 1. The lowest BCUT2D eigenvalue weighted by molar-refractivity contribution is -0.385. The predicted molar refractivity (Wildman–Crippen MR) is 55.3 cm³/mol. The Morgan fingerprint density at radius 1 is 1.50 bits per heavy atom. The van der Waals surface area contributed by atoms with Crippen LogP contribution in [0.3, 0.4) is 0 Å². The van der Waals surface area contributed by atoms with E-state index in [0.717, 1.165) is 0 Å². The monoisotopic (exact) mass is 260 g/mol. The Kier molecular flexibility index (Phi) is 3.84. The summed E-state index contributed by atoms with van der Waals surface area (Å²) in [6, 6.07) is 4.43. The van der Waals surface area contributed by atoms with E-state index in [0.29, 0.717) is 23.4 Å². The highest BCUT2D eigenvalue weighted by atomic mass is 79.9. The van der Waals surface area contributed by atoms with E-state index in [2.05, 4.69) is 15.9 Å². The van der Waals surface area contributed by atoms with Gasteiger partial charge in [-0.25, -0.2) is 0 Å². The van der Waals surface area contributed by atoms with Crippen LogP contribution in [0.2, 0.25) is 0 Å². The molecule has 1 aromatic rings. The first-order chi connectivity index (χ1) is 6.63. The van der Waals surface area contributed by atoms with Gasteiger partial charge in [0.1, 0.15) is 12.4 Å². The van der Waals surface area contributed by atoms with E-state index < -0.39 is 4.92 Å². The molecule has 1 rings (SSSR count). The summed E-state index contributed by atoms with van der Waals surface area (Å²) in [6.45, 7) is 0.716. The second kappa shape index (κ2) is 4.92. The van der Waals surface area contributed by atoms with Crippen molar-refractivity contribution in [3.8, 4) is 5.75 Å². The number of nitro benzene ring substituents is 1. The molecular weight excluding hydrogens is 252 g/mol. The summed E-state index contributed by atoms with van der Waals surface area (Å²) in [5, 5.41) is 10.5. The van der Waals surface area contributed by atoms with Crippen LogP contribution < -0.4 is 10.5 Å². The Labute approximate surface area is 89.1 Å². The molecule has 0 aromatic heterocycles. The summed E-state index contributed by atoms with van der Waals surface area (Å²) >= 11 is 3.16. The summed E-state index contributed by atoms with van der Waals surface area (Å²) < 4.78 is 5.78. The van der Waals surface area contributed by atoms with Gasteiger partial charge in [0, 0.05) is 17.1 Å². The van der Waals surface area contributed by atoms with Gasteiger partial charge in [-0.05, 0) is 6.07 Å². The molecule has 0 unspecified atom stereocenters. The third-order valence-electron chi connectivity index (χ3n) is 1.45. The standard InChI is InChI=1S/C8H9BrN2O3/c9-6-3-7(11(12)13)5-8(4-6)14-2-1-10/h3-5H,1-2,10H2. The highest BCUT2D eigenvalue weighted by molar-refractivity contribution is 9.10. The maximum absolute atomic E-state index is 10.5. The maximum Gasteiger partial charge on any atom is 0.274 e. The molecule has 1 aromatic carbocycles. The van der Waals surface area contributed by atoms with Crippen molar-refractivity contribution in [1.29, 1.82) is 0 Å². The molecule has 0 saturated heterocycles. The van der Waals surface area contributed by atoms with Gasteiger partial charge in [0.05, 0.1) is 11.0 Å². The lowest BCUT2D eigenvalue weighted by atomic mass is 10.3. The van der Waals surface area contributed by atoms with E-state index in [1.54, 1.807) is 6.07 Å². The predicted octanol–water partition coefficient (Wildman–Crippen LogP) is 1.69. The molecule has 2 N–H and O–H groups in total. The van der Waals surface area contributed by atoms with Crippen LogP contribution in [0.25, 0.3) is 0 Å². The van der Waals surface area contributed by atoms with Gasteiger partial charge in [0.25, 0.3) is 5.69 Å². The van der Waals surface area contributed by atoms with Crippen LogP contribution in [0.15, 0.2) is 22.7 Å². The van der Waals surface area contributed by atoms with Crippen LogP contribution >= 0.6 is 15.9 Å². The van der Waals surface area contributed by atoms with E-state index in [-0.39, 0.29) is 5.69 Å². The molecule has 0 heterocycles. The first-order valence-electron chi connectivity index (χ1n) is 3.91. The Morgan fingerprint density at radius 3 is 2.79 bits per heavy atom. The molecule has 0 bridgehead atoms. The number of hydrogen-bond acceptors (Lipinski definition) is 4. The summed E-state index contributed by atoms with van der Waals surface area (Å²) in [4.78, 5) is 10.0. The number of nitrogens with two attached hydrogens (primary N) is 1. The fraction of sp³-hybridized carbons (Fsp3) is 0.250. The molecule has 6 heteroatoms. The summed E-state index contributed by atoms with van der Waals surface area (Å²) in [5.41, 5.74) is 5.23. The van der Waals surface area contributed by atoms with Crippen LogP contribution in [0, 0.1) is 10.1 Å². The molecule has 0 aliphatic rings. The molecule has 0 saturated carbocycles. The first-order valence-corrected chi connectivity index (χ1v) is 4.70. The lowest BCUT2D eigenvalue weighted by Gasteiger charge is -2.04. The van der Waals surface area contributed by atoms with Crippen molar-refractivity contribution in [2.45, 2.75) is 0 Å². The Bertz CT molecular complexity index is 343. The molecule has 0 radical (unpaired) electrons. The highest BCUT2D eigenvalue weighted by Gasteiger charge is 2.08. The topological polar surface area (TPSA) is 78.4 Å². The Balaban J connectivity index is 2.89. The minimum atomic E-state index is -0.472. The summed E-state index contributed by atoms with van der Waals surface area (Å²) in [7, 11) is 0. The fourth-order valence-electron chi connectivity index (χ4n) is 0.913. The minimum Gasteiger partial charge on any atom is -0.492 e. The second-order valence-corrected chi connectivity index (χ2v) is 3.46. The van der Waals surface area contributed by atoms with Crippen LogP contribution in [-0.4, -0.2) is 18.1 Å². The first kappa shape index (κ1) is 10.9. The molecule has 0 fully saturated rings. The van der Waals surface area contributed by atoms with Gasteiger partial charge in [0.2, 0.25) is 0 Å². The van der Waals surface area contributed by atoms with E-state index >= 15 is 0 Å². The lowest BCUT2D eigenvalue weighted by Crippen LogP contribution is -2.10. The number of hydrogen-bond donors (Lipinski definition) is 1. The van der Waals surface area contributed by atoms with Crippen molar-refractivity contribution in [3.63, 3.8) is 0 Å². The van der Waals surface area contributed by atoms with Crippen LogP contribution in [0.1, 0.15) is 0 Å². The Hall–Kier alpha value is -1.14. The van der Waals surface area contributed by atoms with Gasteiger partial charge >= 0.3 is 0 Å². The fourth-order valence-corrected chi connectivity index (χ4v) is 1.37. The number of ether oxygens (including phenoxy) is 1. The van der Waals surface area contributed by atoms with Crippen molar-refractivity contribution in [1.82, 2.24) is 0 Å². The van der Waals surface area contributed by atoms with Crippen LogP contribution in [0.5, 0.6) is 5.75 Å². The molecule has 14 heavy (non-hydrogen) atoms. The van der Waals surface area contributed by atoms with Gasteiger partial charge < -0.3 is 10.5 Å². The third kappa shape index (κ3) is 2.97. The zero-order chi connectivity index (χ0) is 10.6. The van der Waals surface area contributed by atoms with Gasteiger partial charge in [-0.15, -0.1) is 0 Å². The zero-order valence-corrected chi connectivity index (χ0v) is 8.86. The Morgan fingerprint density at radius 2 is 2.21 bits per heavy atom. The van der Waals surface area contributed by atoms with Crippen molar-refractivity contribution in [3.05, 3.63) is 32.8 Å². The van der Waals surface area contributed by atoms with Crippen LogP contribution in [0.4, 0.5) is 5.69 Å². The molecule has 0 spiro atoms. The van der Waals surface area contributed by atoms with E-state index in [1.165, 1.54) is 12.1 Å². The van der Waals surface area contributed by atoms with Gasteiger partial charge in [-0.1, -0.05) is 15.9 Å². The van der Waals surface area contributed by atoms with Crippen molar-refractivity contribution in [2.24, 2.45) is 5.73 Å². The molecule has 0 amide bonds. The molecular formula is C8H9BrN2O3. The number of non-ortho nitro benzene ring substituents is 1. The van der Waals surface area contributed by atoms with E-state index in [1.807, 2.05) is 0 Å². The number of nitro groups is 1. The SMILES string of the molecule is NCCOc1cc(Br)cc([N+](=O)[O-])c1. The number of halogens is 1. The van der Waals surface area contributed by atoms with E-state index in [4.69, 9.17) is 10.5 Å². The van der Waals surface area contributed by atoms with Crippen molar-refractivity contribution < 1.29 is 9.66 Å². The zero-order valence-electron chi connectivity index (χ0n) is 7.27. The van der Waals surface area contributed by atoms with Crippen molar-refractivity contribution >= 4 is 21.6 Å². The normalized spacial score (nSPS) is 9.86. The average Bonchev–Trinajstić information content (AvgIpc) is 2.14. The van der Waals surface area contributed by atoms with Crippen LogP contribution in [-0.2, 0) is 0 Å². The van der Waals surface area contributed by atoms with E-state index in [9.17, 15) is 10.1 Å². The molecule has 76 valence electrons. The highest BCUT2D eigenvalue weighted by Crippen LogP contribution is 2.25. The second-order valence-electron chi connectivity index (χ2n) is 2.54. The number of benzene rings is 1. The maximum atomic E-state index is 10.5. The molecule has 0 aliphatic carbocycles.